The molecule has 1 rings (SSSR count). The van der Waals surface area contributed by atoms with Crippen molar-refractivity contribution >= 4 is 0 Å². The minimum Gasteiger partial charge on any atom is -0.497 e. The topological polar surface area (TPSA) is 38.7 Å². The maximum atomic E-state index is 9.16. The van der Waals surface area contributed by atoms with Crippen molar-refractivity contribution in [2.45, 2.75) is 26.4 Å². The van der Waals surface area contributed by atoms with Gasteiger partial charge in [0.25, 0.3) is 0 Å². The highest BCUT2D eigenvalue weighted by molar-refractivity contribution is 5.39. The summed E-state index contributed by atoms with van der Waals surface area (Å²) in [5.74, 6) is 1.48. The van der Waals surface area contributed by atoms with E-state index in [1.165, 1.54) is 0 Å². The summed E-state index contributed by atoms with van der Waals surface area (Å²) in [7, 11) is 1.61. The molecule has 0 aliphatic carbocycles. The Morgan fingerprint density at radius 1 is 1.33 bits per heavy atom. The molecule has 0 radical (unpaired) electrons. The maximum absolute atomic E-state index is 9.16. The van der Waals surface area contributed by atoms with E-state index >= 15 is 0 Å². The highest BCUT2D eigenvalue weighted by Gasteiger charge is 2.04. The van der Waals surface area contributed by atoms with Crippen molar-refractivity contribution in [2.24, 2.45) is 0 Å². The third-order valence-corrected chi connectivity index (χ3v) is 2.19. The highest BCUT2D eigenvalue weighted by atomic mass is 16.5. The Labute approximate surface area is 90.6 Å². The van der Waals surface area contributed by atoms with Crippen LogP contribution in [0.5, 0.6) is 11.5 Å². The summed E-state index contributed by atoms with van der Waals surface area (Å²) in [4.78, 5) is 0. The second kappa shape index (κ2) is 6.30. The van der Waals surface area contributed by atoms with Crippen molar-refractivity contribution in [3.05, 3.63) is 23.8 Å². The molecule has 1 aromatic carbocycles. The van der Waals surface area contributed by atoms with Gasteiger partial charge in [0, 0.05) is 5.56 Å². The van der Waals surface area contributed by atoms with Crippen LogP contribution < -0.4 is 9.47 Å². The van der Waals surface area contributed by atoms with Crippen molar-refractivity contribution in [1.29, 1.82) is 0 Å². The first-order valence-corrected chi connectivity index (χ1v) is 5.22. The van der Waals surface area contributed by atoms with E-state index in [1.807, 2.05) is 12.1 Å². The fourth-order valence-corrected chi connectivity index (χ4v) is 1.27. The van der Waals surface area contributed by atoms with Gasteiger partial charge in [-0.1, -0.05) is 13.3 Å². The highest BCUT2D eigenvalue weighted by Crippen LogP contribution is 2.24. The van der Waals surface area contributed by atoms with E-state index in [9.17, 15) is 0 Å². The van der Waals surface area contributed by atoms with Crippen LogP contribution in [0.15, 0.2) is 18.2 Å². The molecule has 0 bridgehead atoms. The molecule has 0 aliphatic rings. The van der Waals surface area contributed by atoms with Crippen LogP contribution >= 0.6 is 0 Å². The maximum Gasteiger partial charge on any atom is 0.125 e. The quantitative estimate of drug-likeness (QED) is 0.732. The van der Waals surface area contributed by atoms with E-state index in [0.717, 1.165) is 29.9 Å². The van der Waals surface area contributed by atoms with E-state index in [1.54, 1.807) is 13.2 Å². The summed E-state index contributed by atoms with van der Waals surface area (Å²) >= 11 is 0. The van der Waals surface area contributed by atoms with E-state index in [0.29, 0.717) is 6.61 Å². The molecule has 1 N–H and O–H groups in total. The summed E-state index contributed by atoms with van der Waals surface area (Å²) in [6.07, 6.45) is 2.13. The van der Waals surface area contributed by atoms with Crippen LogP contribution in [-0.4, -0.2) is 18.8 Å². The second-order valence-electron chi connectivity index (χ2n) is 3.33. The number of hydrogen-bond donors (Lipinski definition) is 1. The molecule has 0 amide bonds. The lowest BCUT2D eigenvalue weighted by atomic mass is 10.2. The van der Waals surface area contributed by atoms with Crippen molar-refractivity contribution in [2.75, 3.05) is 13.7 Å². The summed E-state index contributed by atoms with van der Waals surface area (Å²) in [6, 6.07) is 5.46. The van der Waals surface area contributed by atoms with E-state index in [2.05, 4.69) is 6.92 Å². The van der Waals surface area contributed by atoms with Crippen LogP contribution in [0.2, 0.25) is 0 Å². The Balaban J connectivity index is 2.69. The van der Waals surface area contributed by atoms with Crippen LogP contribution in [0.1, 0.15) is 25.3 Å². The Morgan fingerprint density at radius 2 is 2.13 bits per heavy atom. The van der Waals surface area contributed by atoms with Crippen molar-refractivity contribution < 1.29 is 14.6 Å². The standard InChI is InChI=1S/C12H18O3/c1-3-4-7-15-12-6-5-11(14-2)8-10(12)9-13/h5-6,8,13H,3-4,7,9H2,1-2H3. The monoisotopic (exact) mass is 210 g/mol. The molecule has 0 spiro atoms. The molecule has 0 saturated heterocycles. The zero-order chi connectivity index (χ0) is 11.1. The Kier molecular flexibility index (Phi) is 4.98. The molecule has 84 valence electrons. The molecule has 0 aromatic heterocycles. The molecule has 0 fully saturated rings. The molecule has 0 aliphatic heterocycles. The van der Waals surface area contributed by atoms with Gasteiger partial charge in [-0.05, 0) is 24.6 Å². The third-order valence-electron chi connectivity index (χ3n) is 2.19. The molecule has 0 unspecified atom stereocenters. The van der Waals surface area contributed by atoms with Crippen LogP contribution in [0, 0.1) is 0 Å². The van der Waals surface area contributed by atoms with Gasteiger partial charge in [0.15, 0.2) is 0 Å². The summed E-state index contributed by atoms with van der Waals surface area (Å²) in [5, 5.41) is 9.16. The minimum atomic E-state index is -0.0291. The number of aliphatic hydroxyl groups is 1. The number of benzene rings is 1. The Morgan fingerprint density at radius 3 is 2.73 bits per heavy atom. The first-order chi connectivity index (χ1) is 7.31. The SMILES string of the molecule is CCCCOc1ccc(OC)cc1CO. The van der Waals surface area contributed by atoms with E-state index in [-0.39, 0.29) is 6.61 Å². The van der Waals surface area contributed by atoms with Crippen LogP contribution in [0.25, 0.3) is 0 Å². The van der Waals surface area contributed by atoms with Crippen LogP contribution in [-0.2, 0) is 6.61 Å². The first kappa shape index (κ1) is 11.9. The largest absolute Gasteiger partial charge is 0.497 e. The average Bonchev–Trinajstić information content (AvgIpc) is 2.29. The molecular weight excluding hydrogens is 192 g/mol. The van der Waals surface area contributed by atoms with Gasteiger partial charge in [-0.25, -0.2) is 0 Å². The number of unbranched alkanes of at least 4 members (excludes halogenated alkanes) is 1. The second-order valence-corrected chi connectivity index (χ2v) is 3.33. The minimum absolute atomic E-state index is 0.0291. The zero-order valence-corrected chi connectivity index (χ0v) is 9.32. The molecule has 1 aromatic rings. The van der Waals surface area contributed by atoms with Crippen LogP contribution in [0.4, 0.5) is 0 Å². The lowest BCUT2D eigenvalue weighted by molar-refractivity contribution is 0.260. The van der Waals surface area contributed by atoms with Gasteiger partial charge in [0.1, 0.15) is 11.5 Å². The summed E-state index contributed by atoms with van der Waals surface area (Å²) in [6.45, 7) is 2.78. The number of hydrogen-bond acceptors (Lipinski definition) is 3. The summed E-state index contributed by atoms with van der Waals surface area (Å²) in [5.41, 5.74) is 0.769. The van der Waals surface area contributed by atoms with Gasteiger partial charge < -0.3 is 14.6 Å². The van der Waals surface area contributed by atoms with Crippen LogP contribution in [0.3, 0.4) is 0 Å². The van der Waals surface area contributed by atoms with Gasteiger partial charge in [-0.15, -0.1) is 0 Å². The van der Waals surface area contributed by atoms with Crippen molar-refractivity contribution in [3.63, 3.8) is 0 Å². The fourth-order valence-electron chi connectivity index (χ4n) is 1.27. The van der Waals surface area contributed by atoms with Gasteiger partial charge in [-0.3, -0.25) is 0 Å². The molecule has 15 heavy (non-hydrogen) atoms. The predicted octanol–water partition coefficient (Wildman–Crippen LogP) is 2.37. The smallest absolute Gasteiger partial charge is 0.125 e. The number of ether oxygens (including phenoxy) is 2. The predicted molar refractivity (Wildman–Crippen MR) is 59.3 cm³/mol. The average molecular weight is 210 g/mol. The molecular formula is C12H18O3. The Bertz CT molecular complexity index is 297. The zero-order valence-electron chi connectivity index (χ0n) is 9.32. The van der Waals surface area contributed by atoms with Crippen molar-refractivity contribution in [1.82, 2.24) is 0 Å². The lowest BCUT2D eigenvalue weighted by Crippen LogP contribution is -2.00. The molecule has 0 heterocycles. The molecule has 3 heteroatoms. The number of rotatable bonds is 6. The molecule has 3 nitrogen and oxygen atoms in total. The first-order valence-electron chi connectivity index (χ1n) is 5.22. The van der Waals surface area contributed by atoms with Gasteiger partial charge >= 0.3 is 0 Å². The number of aliphatic hydroxyl groups excluding tert-OH is 1. The third kappa shape index (κ3) is 3.44. The number of methoxy groups -OCH3 is 1. The van der Waals surface area contributed by atoms with E-state index < -0.39 is 0 Å². The summed E-state index contributed by atoms with van der Waals surface area (Å²) < 4.78 is 10.6. The molecule has 0 saturated carbocycles. The normalized spacial score (nSPS) is 10.1. The Hall–Kier alpha value is -1.22. The van der Waals surface area contributed by atoms with Crippen molar-refractivity contribution in [3.8, 4) is 11.5 Å². The molecule has 0 atom stereocenters. The van der Waals surface area contributed by atoms with E-state index in [4.69, 9.17) is 14.6 Å². The lowest BCUT2D eigenvalue weighted by Gasteiger charge is -2.10. The van der Waals surface area contributed by atoms with Gasteiger partial charge in [0.05, 0.1) is 20.3 Å². The van der Waals surface area contributed by atoms with Gasteiger partial charge in [-0.2, -0.15) is 0 Å². The fraction of sp³-hybridized carbons (Fsp3) is 0.500. The van der Waals surface area contributed by atoms with Gasteiger partial charge in [0.2, 0.25) is 0 Å².